The molecule has 0 amide bonds. The molecule has 1 N–H and O–H groups in total. The van der Waals surface area contributed by atoms with Crippen molar-refractivity contribution in [1.82, 2.24) is 15.1 Å². The zero-order valence-electron chi connectivity index (χ0n) is 8.93. The average molecular weight is 173 g/mol. The SMILES string of the molecule is CCN(C)CCCN(C)CNC. The minimum absolute atomic E-state index is 0.982. The van der Waals surface area contributed by atoms with Crippen molar-refractivity contribution in [2.24, 2.45) is 0 Å². The molecule has 0 rings (SSSR count). The maximum atomic E-state index is 3.13. The third-order valence-electron chi connectivity index (χ3n) is 2.05. The van der Waals surface area contributed by atoms with Gasteiger partial charge in [-0.3, -0.25) is 4.90 Å². The fourth-order valence-corrected chi connectivity index (χ4v) is 1.12. The second-order valence-electron chi connectivity index (χ2n) is 3.34. The molecule has 0 aromatic carbocycles. The van der Waals surface area contributed by atoms with Crippen molar-refractivity contribution in [3.8, 4) is 0 Å². The van der Waals surface area contributed by atoms with E-state index in [0.717, 1.165) is 13.2 Å². The molecule has 3 heteroatoms. The highest BCUT2D eigenvalue weighted by Gasteiger charge is 1.97. The molecule has 0 aliphatic heterocycles. The summed E-state index contributed by atoms with van der Waals surface area (Å²) in [5, 5.41) is 3.13. The van der Waals surface area contributed by atoms with Gasteiger partial charge in [-0.15, -0.1) is 0 Å². The Hall–Kier alpha value is -0.120. The molecule has 0 heterocycles. The minimum Gasteiger partial charge on any atom is -0.307 e. The molecule has 12 heavy (non-hydrogen) atoms. The van der Waals surface area contributed by atoms with Gasteiger partial charge >= 0.3 is 0 Å². The Morgan fingerprint density at radius 1 is 1.08 bits per heavy atom. The van der Waals surface area contributed by atoms with Crippen LogP contribution in [0.2, 0.25) is 0 Å². The summed E-state index contributed by atoms with van der Waals surface area (Å²) in [4.78, 5) is 4.64. The Morgan fingerprint density at radius 2 is 1.67 bits per heavy atom. The molecular weight excluding hydrogens is 150 g/mol. The van der Waals surface area contributed by atoms with Gasteiger partial charge in [-0.05, 0) is 40.7 Å². The Kier molecular flexibility index (Phi) is 7.45. The van der Waals surface area contributed by atoms with E-state index in [2.05, 4.69) is 36.1 Å². The summed E-state index contributed by atoms with van der Waals surface area (Å²) in [6, 6.07) is 0. The van der Waals surface area contributed by atoms with Crippen molar-refractivity contribution in [3.63, 3.8) is 0 Å². The summed E-state index contributed by atoms with van der Waals surface area (Å²) >= 11 is 0. The third-order valence-corrected chi connectivity index (χ3v) is 2.05. The Bertz CT molecular complexity index is 95.8. The third kappa shape index (κ3) is 6.58. The zero-order chi connectivity index (χ0) is 9.40. The number of hydrogen-bond donors (Lipinski definition) is 1. The van der Waals surface area contributed by atoms with Gasteiger partial charge in [0, 0.05) is 13.2 Å². The highest BCUT2D eigenvalue weighted by atomic mass is 15.2. The van der Waals surface area contributed by atoms with Gasteiger partial charge in [-0.2, -0.15) is 0 Å². The molecule has 0 saturated carbocycles. The second kappa shape index (κ2) is 7.53. The first-order chi connectivity index (χ1) is 5.70. The number of rotatable bonds is 7. The molecule has 0 fully saturated rings. The topological polar surface area (TPSA) is 18.5 Å². The maximum Gasteiger partial charge on any atom is 0.0475 e. The van der Waals surface area contributed by atoms with Gasteiger partial charge in [0.1, 0.15) is 0 Å². The molecule has 0 aromatic rings. The molecule has 0 atom stereocenters. The fourth-order valence-electron chi connectivity index (χ4n) is 1.12. The van der Waals surface area contributed by atoms with Crippen molar-refractivity contribution < 1.29 is 0 Å². The standard InChI is InChI=1S/C9H23N3/c1-5-11(3)7-6-8-12(4)9-10-2/h10H,5-9H2,1-4H3. The largest absolute Gasteiger partial charge is 0.307 e. The van der Waals surface area contributed by atoms with Crippen LogP contribution in [0.1, 0.15) is 13.3 Å². The highest BCUT2D eigenvalue weighted by molar-refractivity contribution is 4.52. The van der Waals surface area contributed by atoms with E-state index in [4.69, 9.17) is 0 Å². The maximum absolute atomic E-state index is 3.13. The van der Waals surface area contributed by atoms with Gasteiger partial charge in [-0.1, -0.05) is 6.92 Å². The van der Waals surface area contributed by atoms with Crippen LogP contribution in [0.4, 0.5) is 0 Å². The molecular formula is C9H23N3. The van der Waals surface area contributed by atoms with E-state index in [1.807, 2.05) is 7.05 Å². The molecule has 0 unspecified atom stereocenters. The molecule has 74 valence electrons. The van der Waals surface area contributed by atoms with Crippen molar-refractivity contribution in [3.05, 3.63) is 0 Å². The predicted molar refractivity (Wildman–Crippen MR) is 54.3 cm³/mol. The van der Waals surface area contributed by atoms with Crippen LogP contribution in [-0.2, 0) is 0 Å². The van der Waals surface area contributed by atoms with Crippen LogP contribution >= 0.6 is 0 Å². The van der Waals surface area contributed by atoms with Crippen LogP contribution in [-0.4, -0.2) is 57.2 Å². The summed E-state index contributed by atoms with van der Waals surface area (Å²) in [5.41, 5.74) is 0. The van der Waals surface area contributed by atoms with Crippen molar-refractivity contribution >= 4 is 0 Å². The van der Waals surface area contributed by atoms with E-state index < -0.39 is 0 Å². The van der Waals surface area contributed by atoms with Gasteiger partial charge in [0.15, 0.2) is 0 Å². The lowest BCUT2D eigenvalue weighted by atomic mass is 10.4. The van der Waals surface area contributed by atoms with Gasteiger partial charge in [0.2, 0.25) is 0 Å². The van der Waals surface area contributed by atoms with E-state index in [0.29, 0.717) is 0 Å². The lowest BCUT2D eigenvalue weighted by Gasteiger charge is -2.18. The number of nitrogens with one attached hydrogen (secondary N) is 1. The van der Waals surface area contributed by atoms with E-state index in [-0.39, 0.29) is 0 Å². The monoisotopic (exact) mass is 173 g/mol. The summed E-state index contributed by atoms with van der Waals surface area (Å²) in [6.07, 6.45) is 1.25. The summed E-state index contributed by atoms with van der Waals surface area (Å²) in [5.74, 6) is 0. The van der Waals surface area contributed by atoms with Gasteiger partial charge in [-0.25, -0.2) is 0 Å². The predicted octanol–water partition coefficient (Wildman–Crippen LogP) is 0.437. The normalized spacial score (nSPS) is 11.5. The lowest BCUT2D eigenvalue weighted by Crippen LogP contribution is -2.31. The lowest BCUT2D eigenvalue weighted by molar-refractivity contribution is 0.276. The van der Waals surface area contributed by atoms with Crippen LogP contribution in [0.3, 0.4) is 0 Å². The Morgan fingerprint density at radius 3 is 2.17 bits per heavy atom. The summed E-state index contributed by atoms with van der Waals surface area (Å²) in [6.45, 7) is 6.69. The molecule has 0 radical (unpaired) electrons. The zero-order valence-corrected chi connectivity index (χ0v) is 8.93. The number of nitrogens with zero attached hydrogens (tertiary/aromatic N) is 2. The van der Waals surface area contributed by atoms with E-state index in [9.17, 15) is 0 Å². The molecule has 0 spiro atoms. The van der Waals surface area contributed by atoms with Crippen LogP contribution in [0, 0.1) is 0 Å². The quantitative estimate of drug-likeness (QED) is 0.564. The number of hydrogen-bond acceptors (Lipinski definition) is 3. The fraction of sp³-hybridized carbons (Fsp3) is 1.00. The first kappa shape index (κ1) is 11.9. The molecule has 0 bridgehead atoms. The molecule has 3 nitrogen and oxygen atoms in total. The molecule has 0 saturated heterocycles. The molecule has 0 aliphatic carbocycles. The average Bonchev–Trinajstić information content (AvgIpc) is 2.04. The first-order valence-corrected chi connectivity index (χ1v) is 4.72. The smallest absolute Gasteiger partial charge is 0.0475 e. The van der Waals surface area contributed by atoms with Gasteiger partial charge in [0.05, 0.1) is 0 Å². The summed E-state index contributed by atoms with van der Waals surface area (Å²) in [7, 11) is 6.29. The van der Waals surface area contributed by atoms with Gasteiger partial charge < -0.3 is 10.2 Å². The van der Waals surface area contributed by atoms with E-state index >= 15 is 0 Å². The van der Waals surface area contributed by atoms with Crippen molar-refractivity contribution in [1.29, 1.82) is 0 Å². The van der Waals surface area contributed by atoms with Gasteiger partial charge in [0.25, 0.3) is 0 Å². The Labute approximate surface area is 76.7 Å². The Balaban J connectivity index is 3.18. The molecule has 0 aromatic heterocycles. The van der Waals surface area contributed by atoms with E-state index in [1.165, 1.54) is 19.5 Å². The first-order valence-electron chi connectivity index (χ1n) is 4.72. The van der Waals surface area contributed by atoms with Crippen LogP contribution in [0.5, 0.6) is 0 Å². The second-order valence-corrected chi connectivity index (χ2v) is 3.34. The van der Waals surface area contributed by atoms with Crippen LogP contribution < -0.4 is 5.32 Å². The highest BCUT2D eigenvalue weighted by Crippen LogP contribution is 1.89. The summed E-state index contributed by atoms with van der Waals surface area (Å²) < 4.78 is 0. The molecule has 0 aliphatic rings. The van der Waals surface area contributed by atoms with E-state index in [1.54, 1.807) is 0 Å². The van der Waals surface area contributed by atoms with Crippen LogP contribution in [0.25, 0.3) is 0 Å². The van der Waals surface area contributed by atoms with Crippen molar-refractivity contribution in [2.45, 2.75) is 13.3 Å². The minimum atomic E-state index is 0.982. The van der Waals surface area contributed by atoms with Crippen LogP contribution in [0.15, 0.2) is 0 Å². The van der Waals surface area contributed by atoms with Crippen molar-refractivity contribution in [2.75, 3.05) is 47.4 Å².